The van der Waals surface area contributed by atoms with Crippen molar-refractivity contribution in [3.8, 4) is 11.5 Å². The van der Waals surface area contributed by atoms with Crippen molar-refractivity contribution in [1.29, 1.82) is 0 Å². The molecule has 0 radical (unpaired) electrons. The summed E-state index contributed by atoms with van der Waals surface area (Å²) in [6.45, 7) is 4.26. The van der Waals surface area contributed by atoms with Gasteiger partial charge in [0.2, 0.25) is 5.91 Å². The molecule has 0 spiro atoms. The van der Waals surface area contributed by atoms with Crippen molar-refractivity contribution < 1.29 is 14.3 Å². The summed E-state index contributed by atoms with van der Waals surface area (Å²) in [7, 11) is 3.23. The van der Waals surface area contributed by atoms with Crippen LogP contribution in [0.4, 0.5) is 0 Å². The van der Waals surface area contributed by atoms with E-state index in [4.69, 9.17) is 9.47 Å². The number of likely N-dealkylation sites (tertiary alicyclic amines) is 1. The van der Waals surface area contributed by atoms with Crippen LogP contribution < -0.4 is 14.8 Å². The summed E-state index contributed by atoms with van der Waals surface area (Å²) < 4.78 is 10.5. The lowest BCUT2D eigenvalue weighted by Crippen LogP contribution is -2.33. The SMILES string of the molecule is COc1ccc(SCC(=O)NCCCN2CCCCC2)cc1OC. The number of thioether (sulfide) groups is 1. The third kappa shape index (κ3) is 6.24. The molecule has 1 saturated heterocycles. The first-order chi connectivity index (χ1) is 11.7. The first kappa shape index (κ1) is 18.9. The van der Waals surface area contributed by atoms with Crippen LogP contribution in [0.25, 0.3) is 0 Å². The molecule has 2 rings (SSSR count). The zero-order valence-electron chi connectivity index (χ0n) is 14.7. The maximum atomic E-state index is 11.9. The summed E-state index contributed by atoms with van der Waals surface area (Å²) in [6, 6.07) is 5.69. The van der Waals surface area contributed by atoms with E-state index in [1.165, 1.54) is 44.1 Å². The molecular weight excluding hydrogens is 324 g/mol. The number of carbonyl (C=O) groups is 1. The van der Waals surface area contributed by atoms with Gasteiger partial charge in [-0.1, -0.05) is 6.42 Å². The Morgan fingerprint density at radius 3 is 2.62 bits per heavy atom. The fraction of sp³-hybridized carbons (Fsp3) is 0.611. The average molecular weight is 353 g/mol. The number of carbonyl (C=O) groups excluding carboxylic acids is 1. The zero-order chi connectivity index (χ0) is 17.2. The van der Waals surface area contributed by atoms with Crippen LogP contribution in [-0.2, 0) is 4.79 Å². The molecule has 6 heteroatoms. The van der Waals surface area contributed by atoms with E-state index in [9.17, 15) is 4.79 Å². The van der Waals surface area contributed by atoms with E-state index in [1.54, 1.807) is 14.2 Å². The first-order valence-corrected chi connectivity index (χ1v) is 9.55. The normalized spacial score (nSPS) is 15.1. The second kappa shape index (κ2) is 10.5. The van der Waals surface area contributed by atoms with Gasteiger partial charge in [-0.15, -0.1) is 11.8 Å². The Hall–Kier alpha value is -1.40. The fourth-order valence-corrected chi connectivity index (χ4v) is 3.57. The molecule has 0 aromatic heterocycles. The summed E-state index contributed by atoms with van der Waals surface area (Å²) >= 11 is 1.51. The number of hydrogen-bond acceptors (Lipinski definition) is 5. The highest BCUT2D eigenvalue weighted by molar-refractivity contribution is 8.00. The third-order valence-corrected chi connectivity index (χ3v) is 5.14. The number of ether oxygens (including phenoxy) is 2. The molecule has 134 valence electrons. The van der Waals surface area contributed by atoms with Gasteiger partial charge in [0.1, 0.15) is 0 Å². The number of rotatable bonds is 9. The van der Waals surface area contributed by atoms with Gasteiger partial charge in [-0.3, -0.25) is 4.79 Å². The second-order valence-corrected chi connectivity index (χ2v) is 6.96. The lowest BCUT2D eigenvalue weighted by atomic mass is 10.1. The van der Waals surface area contributed by atoms with E-state index in [0.29, 0.717) is 17.3 Å². The first-order valence-electron chi connectivity index (χ1n) is 8.57. The number of nitrogens with one attached hydrogen (secondary N) is 1. The highest BCUT2D eigenvalue weighted by atomic mass is 32.2. The van der Waals surface area contributed by atoms with Crippen LogP contribution in [0.2, 0.25) is 0 Å². The molecule has 1 aromatic rings. The fourth-order valence-electron chi connectivity index (χ4n) is 2.82. The molecule has 1 heterocycles. The lowest BCUT2D eigenvalue weighted by molar-refractivity contribution is -0.118. The minimum atomic E-state index is 0.0772. The molecule has 0 aliphatic carbocycles. The Morgan fingerprint density at radius 1 is 1.17 bits per heavy atom. The molecule has 0 bridgehead atoms. The van der Waals surface area contributed by atoms with Gasteiger partial charge in [0.15, 0.2) is 11.5 Å². The minimum Gasteiger partial charge on any atom is -0.493 e. The summed E-state index contributed by atoms with van der Waals surface area (Å²) in [6.07, 6.45) is 5.01. The van der Waals surface area contributed by atoms with Crippen LogP contribution >= 0.6 is 11.8 Å². The van der Waals surface area contributed by atoms with Gasteiger partial charge in [-0.25, -0.2) is 0 Å². The maximum Gasteiger partial charge on any atom is 0.230 e. The van der Waals surface area contributed by atoms with Crippen molar-refractivity contribution in [3.63, 3.8) is 0 Å². The van der Waals surface area contributed by atoms with E-state index in [-0.39, 0.29) is 5.91 Å². The van der Waals surface area contributed by atoms with E-state index in [2.05, 4.69) is 10.2 Å². The number of methoxy groups -OCH3 is 2. The Morgan fingerprint density at radius 2 is 1.92 bits per heavy atom. The van der Waals surface area contributed by atoms with Crippen molar-refractivity contribution in [2.75, 3.05) is 46.2 Å². The topological polar surface area (TPSA) is 50.8 Å². The van der Waals surface area contributed by atoms with E-state index in [1.807, 2.05) is 18.2 Å². The van der Waals surface area contributed by atoms with Gasteiger partial charge in [0.25, 0.3) is 0 Å². The van der Waals surface area contributed by atoms with Crippen LogP contribution in [0.3, 0.4) is 0 Å². The van der Waals surface area contributed by atoms with Crippen LogP contribution in [0.5, 0.6) is 11.5 Å². The van der Waals surface area contributed by atoms with Crippen molar-refractivity contribution in [1.82, 2.24) is 10.2 Å². The van der Waals surface area contributed by atoms with Crippen LogP contribution in [0.15, 0.2) is 23.1 Å². The van der Waals surface area contributed by atoms with Gasteiger partial charge in [0, 0.05) is 11.4 Å². The minimum absolute atomic E-state index is 0.0772. The van der Waals surface area contributed by atoms with Gasteiger partial charge in [-0.2, -0.15) is 0 Å². The average Bonchev–Trinajstić information content (AvgIpc) is 2.64. The van der Waals surface area contributed by atoms with Crippen LogP contribution in [0.1, 0.15) is 25.7 Å². The Bertz CT molecular complexity index is 519. The molecule has 0 saturated carbocycles. The van der Waals surface area contributed by atoms with Gasteiger partial charge in [0.05, 0.1) is 20.0 Å². The van der Waals surface area contributed by atoms with Crippen molar-refractivity contribution >= 4 is 17.7 Å². The molecule has 0 atom stereocenters. The standard InChI is InChI=1S/C18H28N2O3S/c1-22-16-8-7-15(13-17(16)23-2)24-14-18(21)19-9-6-12-20-10-4-3-5-11-20/h7-8,13H,3-6,9-12,14H2,1-2H3,(H,19,21). The van der Waals surface area contributed by atoms with Crippen molar-refractivity contribution in [3.05, 3.63) is 18.2 Å². The predicted molar refractivity (Wildman–Crippen MR) is 98.2 cm³/mol. The highest BCUT2D eigenvalue weighted by Crippen LogP contribution is 2.31. The maximum absolute atomic E-state index is 11.9. The molecule has 1 amide bonds. The summed E-state index contributed by atoms with van der Waals surface area (Å²) in [5, 5.41) is 3.00. The number of piperidine rings is 1. The smallest absolute Gasteiger partial charge is 0.230 e. The Labute approximate surface area is 149 Å². The number of hydrogen-bond donors (Lipinski definition) is 1. The number of amides is 1. The molecule has 1 fully saturated rings. The largest absolute Gasteiger partial charge is 0.493 e. The molecule has 1 N–H and O–H groups in total. The number of benzene rings is 1. The molecule has 1 aliphatic rings. The van der Waals surface area contributed by atoms with Gasteiger partial charge < -0.3 is 19.7 Å². The molecule has 1 aromatic carbocycles. The second-order valence-electron chi connectivity index (χ2n) is 5.91. The van der Waals surface area contributed by atoms with E-state index in [0.717, 1.165) is 24.4 Å². The molecule has 5 nitrogen and oxygen atoms in total. The predicted octanol–water partition coefficient (Wildman–Crippen LogP) is 2.79. The molecular formula is C18H28N2O3S. The molecule has 1 aliphatic heterocycles. The molecule has 0 unspecified atom stereocenters. The van der Waals surface area contributed by atoms with Crippen LogP contribution in [-0.4, -0.2) is 57.0 Å². The van der Waals surface area contributed by atoms with Crippen molar-refractivity contribution in [2.45, 2.75) is 30.6 Å². The summed E-state index contributed by atoms with van der Waals surface area (Å²) in [5.41, 5.74) is 0. The monoisotopic (exact) mass is 352 g/mol. The number of nitrogens with zero attached hydrogens (tertiary/aromatic N) is 1. The van der Waals surface area contributed by atoms with E-state index >= 15 is 0 Å². The zero-order valence-corrected chi connectivity index (χ0v) is 15.5. The Kier molecular flexibility index (Phi) is 8.25. The summed E-state index contributed by atoms with van der Waals surface area (Å²) in [4.78, 5) is 15.4. The van der Waals surface area contributed by atoms with E-state index < -0.39 is 0 Å². The molecule has 24 heavy (non-hydrogen) atoms. The van der Waals surface area contributed by atoms with Gasteiger partial charge >= 0.3 is 0 Å². The quantitative estimate of drug-likeness (QED) is 0.547. The van der Waals surface area contributed by atoms with Crippen LogP contribution in [0, 0.1) is 0 Å². The lowest BCUT2D eigenvalue weighted by Gasteiger charge is -2.26. The van der Waals surface area contributed by atoms with Crippen molar-refractivity contribution in [2.24, 2.45) is 0 Å². The highest BCUT2D eigenvalue weighted by Gasteiger charge is 2.10. The Balaban J connectivity index is 1.63. The third-order valence-electron chi connectivity index (χ3n) is 4.15. The summed E-state index contributed by atoms with van der Waals surface area (Å²) in [5.74, 6) is 1.88. The van der Waals surface area contributed by atoms with Gasteiger partial charge in [-0.05, 0) is 57.1 Å².